The van der Waals surface area contributed by atoms with Crippen molar-refractivity contribution in [3.63, 3.8) is 0 Å². The second kappa shape index (κ2) is 6.10. The summed E-state index contributed by atoms with van der Waals surface area (Å²) in [5.74, 6) is 0.852. The fourth-order valence-corrected chi connectivity index (χ4v) is 3.81. The molecular weight excluding hydrogens is 344 g/mol. The number of carbonyl (C=O) groups excluding carboxylic acids is 1. The van der Waals surface area contributed by atoms with Crippen LogP contribution in [0.2, 0.25) is 0 Å². The first-order chi connectivity index (χ1) is 10.9. The minimum atomic E-state index is -3.82. The molecule has 1 aromatic carbocycles. The third kappa shape index (κ3) is 3.57. The van der Waals surface area contributed by atoms with Gasteiger partial charge < -0.3 is 14.8 Å². The molecule has 0 spiro atoms. The Morgan fingerprint density at radius 3 is 2.87 bits per heavy atom. The lowest BCUT2D eigenvalue weighted by atomic mass is 10.2. The van der Waals surface area contributed by atoms with E-state index in [0.29, 0.717) is 17.1 Å². The zero-order valence-corrected chi connectivity index (χ0v) is 13.5. The minimum absolute atomic E-state index is 0.0635. The molecule has 2 heterocycles. The van der Waals surface area contributed by atoms with Gasteiger partial charge in [0.15, 0.2) is 11.5 Å². The Labute approximate surface area is 135 Å². The van der Waals surface area contributed by atoms with Gasteiger partial charge in [0, 0.05) is 13.5 Å². The summed E-state index contributed by atoms with van der Waals surface area (Å²) in [6, 6.07) is 5.15. The molecule has 0 saturated heterocycles. The summed E-state index contributed by atoms with van der Waals surface area (Å²) in [6.45, 7) is 1.52. The van der Waals surface area contributed by atoms with Gasteiger partial charge in [0.25, 0.3) is 10.0 Å². The lowest BCUT2D eigenvalue weighted by Gasteiger charge is -2.04. The van der Waals surface area contributed by atoms with E-state index in [2.05, 4.69) is 20.2 Å². The fourth-order valence-electron chi connectivity index (χ4n) is 1.81. The maximum Gasteiger partial charge on any atom is 0.270 e. The highest BCUT2D eigenvalue weighted by Gasteiger charge is 2.21. The van der Waals surface area contributed by atoms with Crippen LogP contribution in [-0.2, 0) is 21.4 Å². The van der Waals surface area contributed by atoms with Gasteiger partial charge >= 0.3 is 0 Å². The molecular formula is C12H12N4O5S2. The quantitative estimate of drug-likeness (QED) is 0.757. The van der Waals surface area contributed by atoms with Crippen LogP contribution in [-0.4, -0.2) is 31.3 Å². The first-order valence-corrected chi connectivity index (χ1v) is 8.73. The number of amides is 1. The van der Waals surface area contributed by atoms with Crippen molar-refractivity contribution in [2.45, 2.75) is 17.8 Å². The summed E-state index contributed by atoms with van der Waals surface area (Å²) >= 11 is 0.774. The minimum Gasteiger partial charge on any atom is -0.454 e. The summed E-state index contributed by atoms with van der Waals surface area (Å²) in [5.41, 5.74) is 0.712. The van der Waals surface area contributed by atoms with E-state index in [4.69, 9.17) is 9.47 Å². The van der Waals surface area contributed by atoms with Crippen LogP contribution in [0.3, 0.4) is 0 Å². The van der Waals surface area contributed by atoms with Gasteiger partial charge in [-0.3, -0.25) is 4.79 Å². The molecule has 1 aromatic heterocycles. The van der Waals surface area contributed by atoms with Crippen molar-refractivity contribution < 1.29 is 22.7 Å². The molecule has 0 radical (unpaired) electrons. The molecule has 23 heavy (non-hydrogen) atoms. The molecule has 122 valence electrons. The predicted molar refractivity (Wildman–Crippen MR) is 80.8 cm³/mol. The summed E-state index contributed by atoms with van der Waals surface area (Å²) in [7, 11) is -3.82. The van der Waals surface area contributed by atoms with Crippen molar-refractivity contribution in [1.82, 2.24) is 14.9 Å². The number of hydrogen-bond acceptors (Lipinski definition) is 8. The topological polar surface area (TPSA) is 120 Å². The Morgan fingerprint density at radius 2 is 2.09 bits per heavy atom. The Balaban J connectivity index is 1.69. The van der Waals surface area contributed by atoms with E-state index in [-0.39, 0.29) is 28.7 Å². The Bertz CT molecular complexity index is 849. The summed E-state index contributed by atoms with van der Waals surface area (Å²) in [6.07, 6.45) is 0. The van der Waals surface area contributed by atoms with E-state index in [0.717, 1.165) is 11.3 Å². The lowest BCUT2D eigenvalue weighted by molar-refractivity contribution is -0.114. The van der Waals surface area contributed by atoms with Crippen LogP contribution in [0.15, 0.2) is 22.5 Å². The number of aromatic nitrogens is 2. The Morgan fingerprint density at radius 1 is 1.30 bits per heavy atom. The first kappa shape index (κ1) is 15.6. The molecule has 0 atom stereocenters. The highest BCUT2D eigenvalue weighted by atomic mass is 32.2. The molecule has 3 rings (SSSR count). The van der Waals surface area contributed by atoms with Crippen LogP contribution in [0, 0.1) is 0 Å². The SMILES string of the molecule is CC(=O)Nc1nnc(S(=O)(=O)NCc2ccc3c(c2)OCO3)s1. The van der Waals surface area contributed by atoms with E-state index in [9.17, 15) is 13.2 Å². The molecule has 0 bridgehead atoms. The second-order valence-electron chi connectivity index (χ2n) is 4.57. The van der Waals surface area contributed by atoms with Gasteiger partial charge in [0.05, 0.1) is 0 Å². The van der Waals surface area contributed by atoms with Gasteiger partial charge in [0.2, 0.25) is 22.2 Å². The van der Waals surface area contributed by atoms with Crippen LogP contribution in [0.4, 0.5) is 5.13 Å². The number of nitrogens with zero attached hydrogens (tertiary/aromatic N) is 2. The molecule has 9 nitrogen and oxygen atoms in total. The molecule has 0 aliphatic carbocycles. The van der Waals surface area contributed by atoms with Gasteiger partial charge in [0.1, 0.15) is 0 Å². The van der Waals surface area contributed by atoms with E-state index in [1.54, 1.807) is 18.2 Å². The number of hydrogen-bond donors (Lipinski definition) is 2. The third-order valence-corrected chi connectivity index (χ3v) is 5.43. The van der Waals surface area contributed by atoms with Crippen LogP contribution in [0.1, 0.15) is 12.5 Å². The number of benzene rings is 1. The molecule has 2 aromatic rings. The van der Waals surface area contributed by atoms with Crippen LogP contribution < -0.4 is 19.5 Å². The molecule has 0 saturated carbocycles. The second-order valence-corrected chi connectivity index (χ2v) is 7.48. The monoisotopic (exact) mass is 356 g/mol. The average Bonchev–Trinajstić information content (AvgIpc) is 3.13. The van der Waals surface area contributed by atoms with E-state index in [1.165, 1.54) is 6.92 Å². The molecule has 0 unspecified atom stereocenters. The van der Waals surface area contributed by atoms with Crippen LogP contribution in [0.5, 0.6) is 11.5 Å². The van der Waals surface area contributed by atoms with Crippen LogP contribution in [0.25, 0.3) is 0 Å². The first-order valence-electron chi connectivity index (χ1n) is 6.43. The number of carbonyl (C=O) groups is 1. The van der Waals surface area contributed by atoms with Crippen molar-refractivity contribution in [3.8, 4) is 11.5 Å². The van der Waals surface area contributed by atoms with Gasteiger partial charge in [-0.2, -0.15) is 0 Å². The molecule has 0 fully saturated rings. The number of ether oxygens (including phenoxy) is 2. The number of anilines is 1. The molecule has 2 N–H and O–H groups in total. The third-order valence-electron chi connectivity index (χ3n) is 2.82. The van der Waals surface area contributed by atoms with Crippen molar-refractivity contribution in [3.05, 3.63) is 23.8 Å². The van der Waals surface area contributed by atoms with Crippen molar-refractivity contribution in [2.75, 3.05) is 12.1 Å². The number of sulfonamides is 1. The highest BCUT2D eigenvalue weighted by molar-refractivity contribution is 7.91. The number of fused-ring (bicyclic) bond motifs is 1. The number of rotatable bonds is 5. The number of nitrogens with one attached hydrogen (secondary N) is 2. The van der Waals surface area contributed by atoms with Crippen molar-refractivity contribution in [1.29, 1.82) is 0 Å². The van der Waals surface area contributed by atoms with E-state index >= 15 is 0 Å². The normalized spacial score (nSPS) is 13.1. The van der Waals surface area contributed by atoms with Crippen LogP contribution >= 0.6 is 11.3 Å². The average molecular weight is 356 g/mol. The molecule has 1 aliphatic rings. The zero-order valence-electron chi connectivity index (χ0n) is 11.9. The standard InChI is InChI=1S/C12H12N4O5S2/c1-7(17)14-11-15-16-12(22-11)23(18,19)13-5-8-2-3-9-10(4-8)21-6-20-9/h2-4,13H,5-6H2,1H3,(H,14,15,17). The largest absolute Gasteiger partial charge is 0.454 e. The summed E-state index contributed by atoms with van der Waals surface area (Å²) < 4.78 is 37.0. The van der Waals surface area contributed by atoms with Crippen molar-refractivity contribution >= 4 is 32.4 Å². The van der Waals surface area contributed by atoms with Gasteiger partial charge in [-0.15, -0.1) is 10.2 Å². The molecule has 11 heteroatoms. The summed E-state index contributed by atoms with van der Waals surface area (Å²) in [5, 5.41) is 9.68. The molecule has 1 aliphatic heterocycles. The maximum absolute atomic E-state index is 12.2. The van der Waals surface area contributed by atoms with Gasteiger partial charge in [-0.05, 0) is 17.7 Å². The van der Waals surface area contributed by atoms with E-state index in [1.807, 2.05) is 0 Å². The smallest absolute Gasteiger partial charge is 0.270 e. The Hall–Kier alpha value is -2.24. The van der Waals surface area contributed by atoms with Gasteiger partial charge in [-0.25, -0.2) is 13.1 Å². The predicted octanol–water partition coefficient (Wildman–Crippen LogP) is 0.704. The zero-order chi connectivity index (χ0) is 16.4. The highest BCUT2D eigenvalue weighted by Crippen LogP contribution is 2.32. The summed E-state index contributed by atoms with van der Waals surface area (Å²) in [4.78, 5) is 10.9. The molecule has 1 amide bonds. The maximum atomic E-state index is 12.2. The van der Waals surface area contributed by atoms with Crippen molar-refractivity contribution in [2.24, 2.45) is 0 Å². The van der Waals surface area contributed by atoms with E-state index < -0.39 is 10.0 Å². The lowest BCUT2D eigenvalue weighted by Crippen LogP contribution is -2.23. The Kier molecular flexibility index (Phi) is 4.15. The fraction of sp³-hybridized carbons (Fsp3) is 0.250. The van der Waals surface area contributed by atoms with Gasteiger partial charge in [-0.1, -0.05) is 17.4 Å².